The first-order valence-electron chi connectivity index (χ1n) is 4.64. The van der Waals surface area contributed by atoms with Crippen LogP contribution in [0.1, 0.15) is 0 Å². The van der Waals surface area contributed by atoms with Crippen LogP contribution in [-0.2, 0) is 0 Å². The van der Waals surface area contributed by atoms with Gasteiger partial charge >= 0.3 is 0 Å². The highest BCUT2D eigenvalue weighted by atomic mass is 19.1. The molecule has 2 aromatic rings. The fourth-order valence-electron chi connectivity index (χ4n) is 1.37. The molecule has 2 N–H and O–H groups in total. The van der Waals surface area contributed by atoms with Crippen molar-refractivity contribution < 1.29 is 9.13 Å². The molecule has 4 nitrogen and oxygen atoms in total. The molecule has 0 saturated heterocycles. The topological polar surface area (TPSA) is 61.0 Å². The molecule has 2 rings (SSSR count). The lowest BCUT2D eigenvalue weighted by Crippen LogP contribution is -1.96. The Morgan fingerprint density at radius 2 is 2.00 bits per heavy atom. The van der Waals surface area contributed by atoms with Gasteiger partial charge in [0.25, 0.3) is 0 Å². The molecule has 1 aromatic carbocycles. The maximum atomic E-state index is 13.1. The molecule has 0 bridgehead atoms. The van der Waals surface area contributed by atoms with Crippen molar-refractivity contribution in [1.82, 2.24) is 10.2 Å². The third-order valence-corrected chi connectivity index (χ3v) is 2.12. The van der Waals surface area contributed by atoms with Gasteiger partial charge in [0.1, 0.15) is 17.4 Å². The molecule has 5 heteroatoms. The van der Waals surface area contributed by atoms with Crippen molar-refractivity contribution >= 4 is 5.82 Å². The normalized spacial score (nSPS) is 10.1. The summed E-state index contributed by atoms with van der Waals surface area (Å²) in [5, 5.41) is 7.59. The van der Waals surface area contributed by atoms with Gasteiger partial charge in [0.2, 0.25) is 0 Å². The molecule has 0 saturated carbocycles. The van der Waals surface area contributed by atoms with Gasteiger partial charge < -0.3 is 10.5 Å². The Hall–Kier alpha value is -2.17. The van der Waals surface area contributed by atoms with E-state index < -0.39 is 0 Å². The number of ether oxygens (including phenoxy) is 1. The summed E-state index contributed by atoms with van der Waals surface area (Å²) < 4.78 is 18.2. The number of nitrogens with zero attached hydrogens (tertiary/aromatic N) is 2. The van der Waals surface area contributed by atoms with E-state index in [-0.39, 0.29) is 5.82 Å². The minimum atomic E-state index is -0.352. The summed E-state index contributed by atoms with van der Waals surface area (Å²) in [6.07, 6.45) is 0. The van der Waals surface area contributed by atoms with Crippen molar-refractivity contribution in [2.24, 2.45) is 0 Å². The third-order valence-electron chi connectivity index (χ3n) is 2.12. The van der Waals surface area contributed by atoms with Crippen LogP contribution in [0.25, 0.3) is 11.3 Å². The molecule has 82 valence electrons. The molecular weight excluding hydrogens is 209 g/mol. The number of methoxy groups -OCH3 is 1. The molecule has 0 radical (unpaired) electrons. The second kappa shape index (κ2) is 4.14. The average molecular weight is 219 g/mol. The van der Waals surface area contributed by atoms with Crippen LogP contribution in [0.5, 0.6) is 5.75 Å². The van der Waals surface area contributed by atoms with Crippen LogP contribution < -0.4 is 10.5 Å². The lowest BCUT2D eigenvalue weighted by molar-refractivity contribution is 0.415. The summed E-state index contributed by atoms with van der Waals surface area (Å²) in [6, 6.07) is 7.49. The molecule has 1 heterocycles. The zero-order valence-electron chi connectivity index (χ0n) is 8.64. The van der Waals surface area contributed by atoms with E-state index in [1.165, 1.54) is 19.2 Å². The molecule has 0 fully saturated rings. The van der Waals surface area contributed by atoms with E-state index in [4.69, 9.17) is 10.5 Å². The number of hydrogen-bond donors (Lipinski definition) is 1. The van der Waals surface area contributed by atoms with Gasteiger partial charge in [-0.1, -0.05) is 0 Å². The number of anilines is 1. The van der Waals surface area contributed by atoms with Crippen LogP contribution in [0.15, 0.2) is 30.3 Å². The lowest BCUT2D eigenvalue weighted by Gasteiger charge is -2.07. The zero-order chi connectivity index (χ0) is 11.5. The Morgan fingerprint density at radius 1 is 1.19 bits per heavy atom. The van der Waals surface area contributed by atoms with Crippen molar-refractivity contribution in [3.63, 3.8) is 0 Å². The number of aromatic nitrogens is 2. The number of rotatable bonds is 2. The van der Waals surface area contributed by atoms with Gasteiger partial charge in [-0.2, -0.15) is 0 Å². The highest BCUT2D eigenvalue weighted by molar-refractivity contribution is 5.67. The number of hydrogen-bond acceptors (Lipinski definition) is 4. The first kappa shape index (κ1) is 10.4. The molecule has 0 atom stereocenters. The van der Waals surface area contributed by atoms with Crippen LogP contribution in [0, 0.1) is 5.82 Å². The SMILES string of the molecule is COc1ccc(F)cc1-c1ccc(N)nn1. The van der Waals surface area contributed by atoms with E-state index in [1.807, 2.05) is 0 Å². The highest BCUT2D eigenvalue weighted by Gasteiger charge is 2.08. The predicted octanol–water partition coefficient (Wildman–Crippen LogP) is 1.87. The molecule has 0 aliphatic heterocycles. The van der Waals surface area contributed by atoms with Crippen molar-refractivity contribution in [3.05, 3.63) is 36.1 Å². The maximum Gasteiger partial charge on any atom is 0.146 e. The molecule has 0 unspecified atom stereocenters. The fourth-order valence-corrected chi connectivity index (χ4v) is 1.37. The highest BCUT2D eigenvalue weighted by Crippen LogP contribution is 2.28. The monoisotopic (exact) mass is 219 g/mol. The number of nitrogens with two attached hydrogens (primary N) is 1. The van der Waals surface area contributed by atoms with Crippen LogP contribution in [0.3, 0.4) is 0 Å². The van der Waals surface area contributed by atoms with E-state index in [0.717, 1.165) is 0 Å². The summed E-state index contributed by atoms with van der Waals surface area (Å²) in [5.74, 6) is 0.508. The average Bonchev–Trinajstić information content (AvgIpc) is 2.30. The van der Waals surface area contributed by atoms with Gasteiger partial charge in [-0.05, 0) is 30.3 Å². The zero-order valence-corrected chi connectivity index (χ0v) is 8.64. The smallest absolute Gasteiger partial charge is 0.146 e. The van der Waals surface area contributed by atoms with Crippen molar-refractivity contribution in [2.75, 3.05) is 12.8 Å². The second-order valence-corrected chi connectivity index (χ2v) is 3.19. The summed E-state index contributed by atoms with van der Waals surface area (Å²) in [5.41, 5.74) is 6.50. The third kappa shape index (κ3) is 1.93. The van der Waals surface area contributed by atoms with Crippen LogP contribution in [0.4, 0.5) is 10.2 Å². The van der Waals surface area contributed by atoms with Crippen molar-refractivity contribution in [2.45, 2.75) is 0 Å². The van der Waals surface area contributed by atoms with E-state index in [9.17, 15) is 4.39 Å². The standard InChI is InChI=1S/C11H10FN3O/c1-16-10-4-2-7(12)6-8(10)9-3-5-11(13)15-14-9/h2-6H,1H3,(H2,13,15). The summed E-state index contributed by atoms with van der Waals surface area (Å²) in [6.45, 7) is 0. The maximum absolute atomic E-state index is 13.1. The molecule has 0 amide bonds. The number of benzene rings is 1. The van der Waals surface area contributed by atoms with E-state index in [2.05, 4.69) is 10.2 Å². The summed E-state index contributed by atoms with van der Waals surface area (Å²) in [7, 11) is 1.52. The van der Waals surface area contributed by atoms with Crippen molar-refractivity contribution in [3.8, 4) is 17.0 Å². The molecule has 0 aliphatic carbocycles. The van der Waals surface area contributed by atoms with Gasteiger partial charge in [0.05, 0.1) is 12.8 Å². The Kier molecular flexibility index (Phi) is 2.68. The first-order chi connectivity index (χ1) is 7.70. The fraction of sp³-hybridized carbons (Fsp3) is 0.0909. The molecular formula is C11H10FN3O. The number of halogens is 1. The van der Waals surface area contributed by atoms with Gasteiger partial charge in [0, 0.05) is 5.56 Å². The first-order valence-corrected chi connectivity index (χ1v) is 4.64. The predicted molar refractivity (Wildman–Crippen MR) is 58.4 cm³/mol. The minimum absolute atomic E-state index is 0.319. The number of nitrogen functional groups attached to an aromatic ring is 1. The minimum Gasteiger partial charge on any atom is -0.496 e. The quantitative estimate of drug-likeness (QED) is 0.837. The Morgan fingerprint density at radius 3 is 2.62 bits per heavy atom. The molecule has 0 spiro atoms. The van der Waals surface area contributed by atoms with Crippen LogP contribution >= 0.6 is 0 Å². The summed E-state index contributed by atoms with van der Waals surface area (Å²) >= 11 is 0. The van der Waals surface area contributed by atoms with Crippen molar-refractivity contribution in [1.29, 1.82) is 0 Å². The largest absolute Gasteiger partial charge is 0.496 e. The molecule has 16 heavy (non-hydrogen) atoms. The van der Waals surface area contributed by atoms with Crippen LogP contribution in [-0.4, -0.2) is 17.3 Å². The van der Waals surface area contributed by atoms with Gasteiger partial charge in [-0.3, -0.25) is 0 Å². The van der Waals surface area contributed by atoms with Gasteiger partial charge in [0.15, 0.2) is 0 Å². The molecule has 1 aromatic heterocycles. The van der Waals surface area contributed by atoms with Gasteiger partial charge in [-0.15, -0.1) is 10.2 Å². The molecule has 0 aliphatic rings. The Balaban J connectivity index is 2.53. The van der Waals surface area contributed by atoms with E-state index >= 15 is 0 Å². The lowest BCUT2D eigenvalue weighted by atomic mass is 10.1. The Bertz CT molecular complexity index is 499. The van der Waals surface area contributed by atoms with Crippen LogP contribution in [0.2, 0.25) is 0 Å². The van der Waals surface area contributed by atoms with E-state index in [1.54, 1.807) is 18.2 Å². The summed E-state index contributed by atoms with van der Waals surface area (Å²) in [4.78, 5) is 0. The Labute approximate surface area is 91.9 Å². The second-order valence-electron chi connectivity index (χ2n) is 3.19. The van der Waals surface area contributed by atoms with Gasteiger partial charge in [-0.25, -0.2) is 4.39 Å². The van der Waals surface area contributed by atoms with E-state index in [0.29, 0.717) is 22.8 Å².